The van der Waals surface area contributed by atoms with Crippen molar-refractivity contribution >= 4 is 27.1 Å². The molecule has 0 bridgehead atoms. The SMILES string of the molecule is COc1ccccc1CN(Cc1cccs1)S(=O)(=O)c1ccc(C(C)=O)cc1. The van der Waals surface area contributed by atoms with Crippen molar-refractivity contribution in [3.8, 4) is 5.75 Å². The van der Waals surface area contributed by atoms with Crippen LogP contribution in [0.25, 0.3) is 0 Å². The number of ether oxygens (including phenoxy) is 1. The number of carbonyl (C=O) groups excluding carboxylic acids is 1. The number of hydrogen-bond donors (Lipinski definition) is 0. The van der Waals surface area contributed by atoms with Crippen LogP contribution in [0.4, 0.5) is 0 Å². The molecule has 3 aromatic rings. The van der Waals surface area contributed by atoms with Gasteiger partial charge in [-0.2, -0.15) is 4.31 Å². The zero-order chi connectivity index (χ0) is 20.1. The maximum atomic E-state index is 13.3. The molecule has 0 amide bonds. The molecule has 146 valence electrons. The summed E-state index contributed by atoms with van der Waals surface area (Å²) in [6.45, 7) is 1.89. The van der Waals surface area contributed by atoms with E-state index >= 15 is 0 Å². The van der Waals surface area contributed by atoms with Crippen LogP contribution in [0.2, 0.25) is 0 Å². The zero-order valence-electron chi connectivity index (χ0n) is 15.7. The number of carbonyl (C=O) groups is 1. The predicted molar refractivity (Wildman–Crippen MR) is 110 cm³/mol. The van der Waals surface area contributed by atoms with Gasteiger partial charge < -0.3 is 4.74 Å². The van der Waals surface area contributed by atoms with E-state index in [-0.39, 0.29) is 23.8 Å². The van der Waals surface area contributed by atoms with Crippen molar-refractivity contribution in [1.82, 2.24) is 4.31 Å². The highest BCUT2D eigenvalue weighted by atomic mass is 32.2. The molecule has 5 nitrogen and oxygen atoms in total. The normalized spacial score (nSPS) is 11.5. The number of thiophene rings is 1. The fourth-order valence-electron chi connectivity index (χ4n) is 2.84. The minimum atomic E-state index is -3.77. The van der Waals surface area contributed by atoms with Crippen LogP contribution in [0.15, 0.2) is 70.9 Å². The molecular formula is C21H21NO4S2. The summed E-state index contributed by atoms with van der Waals surface area (Å²) in [5.74, 6) is 0.536. The maximum absolute atomic E-state index is 13.3. The number of Topliss-reactive ketones (excluding diaryl/α,β-unsaturated/α-hetero) is 1. The highest BCUT2D eigenvalue weighted by Gasteiger charge is 2.26. The van der Waals surface area contributed by atoms with Gasteiger partial charge in [0, 0.05) is 29.1 Å². The van der Waals surface area contributed by atoms with Crippen molar-refractivity contribution in [1.29, 1.82) is 0 Å². The first-order valence-electron chi connectivity index (χ1n) is 8.67. The van der Waals surface area contributed by atoms with Crippen molar-refractivity contribution in [2.45, 2.75) is 24.9 Å². The molecule has 0 aliphatic heterocycles. The lowest BCUT2D eigenvalue weighted by molar-refractivity contribution is 0.101. The van der Waals surface area contributed by atoms with E-state index in [0.29, 0.717) is 11.3 Å². The van der Waals surface area contributed by atoms with E-state index in [2.05, 4.69) is 0 Å². The van der Waals surface area contributed by atoms with Crippen LogP contribution < -0.4 is 4.74 Å². The van der Waals surface area contributed by atoms with E-state index in [9.17, 15) is 13.2 Å². The molecule has 0 atom stereocenters. The second-order valence-electron chi connectivity index (χ2n) is 6.24. The predicted octanol–water partition coefficient (Wildman–Crippen LogP) is 4.35. The highest BCUT2D eigenvalue weighted by molar-refractivity contribution is 7.89. The van der Waals surface area contributed by atoms with Crippen molar-refractivity contribution in [3.05, 3.63) is 82.0 Å². The Morgan fingerprint density at radius 2 is 1.71 bits per heavy atom. The van der Waals surface area contributed by atoms with Crippen LogP contribution in [-0.4, -0.2) is 25.6 Å². The number of benzene rings is 2. The summed E-state index contributed by atoms with van der Waals surface area (Å²) >= 11 is 1.51. The topological polar surface area (TPSA) is 63.7 Å². The molecule has 0 aliphatic carbocycles. The fraction of sp³-hybridized carbons (Fsp3) is 0.190. The third kappa shape index (κ3) is 4.49. The average Bonchev–Trinajstić information content (AvgIpc) is 3.21. The van der Waals surface area contributed by atoms with Crippen LogP contribution in [0.3, 0.4) is 0 Å². The van der Waals surface area contributed by atoms with Crippen molar-refractivity contribution in [2.75, 3.05) is 7.11 Å². The smallest absolute Gasteiger partial charge is 0.243 e. The molecular weight excluding hydrogens is 394 g/mol. The lowest BCUT2D eigenvalue weighted by Crippen LogP contribution is -2.30. The van der Waals surface area contributed by atoms with E-state index in [4.69, 9.17) is 4.74 Å². The van der Waals surface area contributed by atoms with Gasteiger partial charge in [0.2, 0.25) is 10.0 Å². The van der Waals surface area contributed by atoms with Crippen molar-refractivity contribution in [2.24, 2.45) is 0 Å². The number of hydrogen-bond acceptors (Lipinski definition) is 5. The molecule has 0 aliphatic rings. The quantitative estimate of drug-likeness (QED) is 0.513. The van der Waals surface area contributed by atoms with Crippen LogP contribution in [0.5, 0.6) is 5.75 Å². The number of rotatable bonds is 8. The van der Waals surface area contributed by atoms with Gasteiger partial charge in [-0.15, -0.1) is 11.3 Å². The fourth-order valence-corrected chi connectivity index (χ4v) is 5.03. The second-order valence-corrected chi connectivity index (χ2v) is 9.22. The molecule has 7 heteroatoms. The zero-order valence-corrected chi connectivity index (χ0v) is 17.3. The monoisotopic (exact) mass is 415 g/mol. The van der Waals surface area contributed by atoms with E-state index in [1.807, 2.05) is 41.8 Å². The van der Waals surface area contributed by atoms with Gasteiger partial charge in [0.1, 0.15) is 5.75 Å². The molecule has 2 aromatic carbocycles. The van der Waals surface area contributed by atoms with Crippen LogP contribution >= 0.6 is 11.3 Å². The van der Waals surface area contributed by atoms with Gasteiger partial charge in [-0.3, -0.25) is 4.79 Å². The Kier molecular flexibility index (Phi) is 6.28. The molecule has 3 rings (SSSR count). The number of ketones is 1. The van der Waals surface area contributed by atoms with E-state index in [1.54, 1.807) is 19.2 Å². The highest BCUT2D eigenvalue weighted by Crippen LogP contribution is 2.26. The van der Waals surface area contributed by atoms with Gasteiger partial charge in [0.05, 0.1) is 12.0 Å². The van der Waals surface area contributed by atoms with Crippen molar-refractivity contribution < 1.29 is 17.9 Å². The molecule has 28 heavy (non-hydrogen) atoms. The number of nitrogens with zero attached hydrogens (tertiary/aromatic N) is 1. The molecule has 0 fully saturated rings. The number of sulfonamides is 1. The third-order valence-corrected chi connectivity index (χ3v) is 7.02. The summed E-state index contributed by atoms with van der Waals surface area (Å²) < 4.78 is 33.5. The molecule has 0 spiro atoms. The second kappa shape index (κ2) is 8.68. The molecule has 0 saturated heterocycles. The number of methoxy groups -OCH3 is 1. The first-order chi connectivity index (χ1) is 13.4. The summed E-state index contributed by atoms with van der Waals surface area (Å²) in [5, 5.41) is 1.92. The van der Waals surface area contributed by atoms with Gasteiger partial charge >= 0.3 is 0 Å². The summed E-state index contributed by atoms with van der Waals surface area (Å²) in [6.07, 6.45) is 0. The lowest BCUT2D eigenvalue weighted by Gasteiger charge is -2.23. The van der Waals surface area contributed by atoms with Gasteiger partial charge in [0.25, 0.3) is 0 Å². The van der Waals surface area contributed by atoms with Gasteiger partial charge in [-0.05, 0) is 36.6 Å². The van der Waals surface area contributed by atoms with Crippen molar-refractivity contribution in [3.63, 3.8) is 0 Å². The Morgan fingerprint density at radius 3 is 2.32 bits per heavy atom. The van der Waals surface area contributed by atoms with Gasteiger partial charge in [-0.1, -0.05) is 36.4 Å². The number of para-hydroxylation sites is 1. The molecule has 0 saturated carbocycles. The summed E-state index contributed by atoms with van der Waals surface area (Å²) in [5.41, 5.74) is 1.26. The summed E-state index contributed by atoms with van der Waals surface area (Å²) in [4.78, 5) is 12.6. The minimum Gasteiger partial charge on any atom is -0.496 e. The molecule has 0 unspecified atom stereocenters. The first kappa shape index (κ1) is 20.3. The van der Waals surface area contributed by atoms with E-state index in [1.165, 1.54) is 34.7 Å². The Labute approximate surface area is 169 Å². The third-order valence-electron chi connectivity index (χ3n) is 4.35. The molecule has 0 radical (unpaired) electrons. The van der Waals surface area contributed by atoms with E-state index in [0.717, 1.165) is 10.4 Å². The summed E-state index contributed by atoms with van der Waals surface area (Å²) in [6, 6.07) is 17.2. The summed E-state index contributed by atoms with van der Waals surface area (Å²) in [7, 11) is -2.20. The standard InChI is InChI=1S/C21H21NO4S2/c1-16(23)17-9-11-20(12-10-17)28(24,25)22(15-19-7-5-13-27-19)14-18-6-3-4-8-21(18)26-2/h3-13H,14-15H2,1-2H3. The first-order valence-corrected chi connectivity index (χ1v) is 11.0. The lowest BCUT2D eigenvalue weighted by atomic mass is 10.2. The average molecular weight is 416 g/mol. The van der Waals surface area contributed by atoms with Crippen LogP contribution in [0.1, 0.15) is 27.7 Å². The van der Waals surface area contributed by atoms with Crippen LogP contribution in [-0.2, 0) is 23.1 Å². The van der Waals surface area contributed by atoms with Gasteiger partial charge in [0.15, 0.2) is 5.78 Å². The Bertz CT molecular complexity index is 1040. The van der Waals surface area contributed by atoms with E-state index < -0.39 is 10.0 Å². The largest absolute Gasteiger partial charge is 0.496 e. The molecule has 1 heterocycles. The maximum Gasteiger partial charge on any atom is 0.243 e. The van der Waals surface area contributed by atoms with Crippen LogP contribution in [0, 0.1) is 0 Å². The molecule has 0 N–H and O–H groups in total. The Hall–Kier alpha value is -2.48. The molecule has 1 aromatic heterocycles. The van der Waals surface area contributed by atoms with Gasteiger partial charge in [-0.25, -0.2) is 8.42 Å². The minimum absolute atomic E-state index is 0.103. The Morgan fingerprint density at radius 1 is 1.00 bits per heavy atom. The Balaban J connectivity index is 1.98.